The van der Waals surface area contributed by atoms with Gasteiger partial charge in [0.2, 0.25) is 0 Å². The molecule has 0 fully saturated rings. The van der Waals surface area contributed by atoms with Crippen molar-refractivity contribution in [2.75, 3.05) is 18.9 Å². The normalized spacial score (nSPS) is 11.2. The maximum atomic E-state index is 11.9. The van der Waals surface area contributed by atoms with E-state index in [0.29, 0.717) is 18.1 Å². The van der Waals surface area contributed by atoms with Gasteiger partial charge in [-0.25, -0.2) is 9.78 Å². The minimum absolute atomic E-state index is 0.0487. The molecule has 0 aliphatic heterocycles. The summed E-state index contributed by atoms with van der Waals surface area (Å²) < 4.78 is 0. The lowest BCUT2D eigenvalue weighted by Gasteiger charge is -2.16. The zero-order valence-electron chi connectivity index (χ0n) is 12.3. The molecule has 1 rings (SSSR count). The van der Waals surface area contributed by atoms with Crippen molar-refractivity contribution in [2.24, 2.45) is 0 Å². The number of thiazole rings is 1. The molecule has 1 aromatic heterocycles. The average Bonchev–Trinajstić information content (AvgIpc) is 2.76. The molecule has 0 atom stereocenters. The summed E-state index contributed by atoms with van der Waals surface area (Å²) >= 11 is 1.39. The van der Waals surface area contributed by atoms with Crippen molar-refractivity contribution in [3.63, 3.8) is 0 Å². The first kappa shape index (κ1) is 16.4. The van der Waals surface area contributed by atoms with Crippen LogP contribution < -0.4 is 5.32 Å². The second-order valence-electron chi connectivity index (χ2n) is 5.64. The molecule has 20 heavy (non-hydrogen) atoms. The summed E-state index contributed by atoms with van der Waals surface area (Å²) in [5, 5.41) is 13.8. The molecule has 112 valence electrons. The molecular weight excluding hydrogens is 278 g/mol. The molecule has 0 aliphatic rings. The summed E-state index contributed by atoms with van der Waals surface area (Å²) in [4.78, 5) is 28.1. The molecule has 1 aromatic rings. The van der Waals surface area contributed by atoms with Crippen LogP contribution in [0.15, 0.2) is 5.38 Å². The van der Waals surface area contributed by atoms with Crippen molar-refractivity contribution in [2.45, 2.75) is 39.0 Å². The van der Waals surface area contributed by atoms with Crippen molar-refractivity contribution in [1.29, 1.82) is 0 Å². The summed E-state index contributed by atoms with van der Waals surface area (Å²) in [6.07, 6.45) is 0.493. The summed E-state index contributed by atoms with van der Waals surface area (Å²) in [5.74, 6) is -0.853. The first-order valence-electron chi connectivity index (χ1n) is 6.40. The van der Waals surface area contributed by atoms with Gasteiger partial charge in [-0.3, -0.25) is 10.1 Å². The van der Waals surface area contributed by atoms with Crippen LogP contribution in [0.5, 0.6) is 0 Å². The Hall–Kier alpha value is -1.63. The number of rotatable bonds is 5. The number of aromatic nitrogens is 1. The standard InChI is InChI=1S/C13H21N3O3S/c1-13(2,3)9-8-20-11(14-9)15-12(19)16(4)7-5-6-10(17)18/h8H,5-7H2,1-4H3,(H,17,18)(H,14,15,19). The fourth-order valence-corrected chi connectivity index (χ4v) is 2.36. The van der Waals surface area contributed by atoms with Crippen LogP contribution >= 0.6 is 11.3 Å². The van der Waals surface area contributed by atoms with Gasteiger partial charge in [0.05, 0.1) is 5.69 Å². The third kappa shape index (κ3) is 5.16. The number of carboxylic acids is 1. The molecule has 7 heteroatoms. The Morgan fingerprint density at radius 2 is 2.10 bits per heavy atom. The van der Waals surface area contributed by atoms with Crippen LogP contribution in [-0.2, 0) is 10.2 Å². The van der Waals surface area contributed by atoms with E-state index in [0.717, 1.165) is 5.69 Å². The molecule has 6 nitrogen and oxygen atoms in total. The van der Waals surface area contributed by atoms with Gasteiger partial charge in [-0.2, -0.15) is 0 Å². The number of aliphatic carboxylic acids is 1. The predicted molar refractivity (Wildman–Crippen MR) is 79.3 cm³/mol. The topological polar surface area (TPSA) is 82.5 Å². The highest BCUT2D eigenvalue weighted by Gasteiger charge is 2.18. The number of anilines is 1. The van der Waals surface area contributed by atoms with Crippen LogP contribution in [0.3, 0.4) is 0 Å². The Morgan fingerprint density at radius 1 is 1.45 bits per heavy atom. The second kappa shape index (κ2) is 6.69. The lowest BCUT2D eigenvalue weighted by atomic mass is 9.93. The third-order valence-corrected chi connectivity index (χ3v) is 3.48. The van der Waals surface area contributed by atoms with Crippen molar-refractivity contribution < 1.29 is 14.7 Å². The maximum Gasteiger partial charge on any atom is 0.323 e. The summed E-state index contributed by atoms with van der Waals surface area (Å²) in [5.41, 5.74) is 0.888. The first-order chi connectivity index (χ1) is 9.20. The van der Waals surface area contributed by atoms with Crippen molar-refractivity contribution in [3.05, 3.63) is 11.1 Å². The maximum absolute atomic E-state index is 11.9. The number of hydrogen-bond donors (Lipinski definition) is 2. The van der Waals surface area contributed by atoms with Crippen LogP contribution in [0.4, 0.5) is 9.93 Å². The Morgan fingerprint density at radius 3 is 2.60 bits per heavy atom. The van der Waals surface area contributed by atoms with E-state index >= 15 is 0 Å². The summed E-state index contributed by atoms with van der Waals surface area (Å²) in [7, 11) is 1.63. The van der Waals surface area contributed by atoms with E-state index in [4.69, 9.17) is 5.11 Å². The fraction of sp³-hybridized carbons (Fsp3) is 0.615. The minimum atomic E-state index is -0.853. The van der Waals surface area contributed by atoms with Gasteiger partial charge < -0.3 is 10.0 Å². The third-order valence-electron chi connectivity index (χ3n) is 2.72. The second-order valence-corrected chi connectivity index (χ2v) is 6.50. The van der Waals surface area contributed by atoms with Gasteiger partial charge in [0.1, 0.15) is 0 Å². The Balaban J connectivity index is 2.49. The van der Waals surface area contributed by atoms with Gasteiger partial charge in [0.15, 0.2) is 5.13 Å². The van der Waals surface area contributed by atoms with E-state index in [1.165, 1.54) is 16.2 Å². The molecule has 0 saturated heterocycles. The number of hydrogen-bond acceptors (Lipinski definition) is 4. The highest BCUT2D eigenvalue weighted by Crippen LogP contribution is 2.26. The number of amides is 2. The molecular formula is C13H21N3O3S. The van der Waals surface area contributed by atoms with Crippen molar-refractivity contribution >= 4 is 28.5 Å². The SMILES string of the molecule is CN(CCCC(=O)O)C(=O)Nc1nc(C(C)(C)C)cs1. The van der Waals surface area contributed by atoms with E-state index in [1.54, 1.807) is 7.05 Å². The van der Waals surface area contributed by atoms with E-state index in [2.05, 4.69) is 31.1 Å². The average molecular weight is 299 g/mol. The van der Waals surface area contributed by atoms with Crippen LogP contribution in [-0.4, -0.2) is 40.6 Å². The van der Waals surface area contributed by atoms with Crippen molar-refractivity contribution in [3.8, 4) is 0 Å². The summed E-state index contributed by atoms with van der Waals surface area (Å²) in [6.45, 7) is 6.58. The zero-order chi connectivity index (χ0) is 15.3. The van der Waals surface area contributed by atoms with Crippen LogP contribution in [0.2, 0.25) is 0 Å². The lowest BCUT2D eigenvalue weighted by molar-refractivity contribution is -0.137. The van der Waals surface area contributed by atoms with Crippen LogP contribution in [0.25, 0.3) is 0 Å². The minimum Gasteiger partial charge on any atom is -0.481 e. The summed E-state index contributed by atoms with van der Waals surface area (Å²) in [6, 6.07) is -0.273. The predicted octanol–water partition coefficient (Wildman–Crippen LogP) is 2.77. The largest absolute Gasteiger partial charge is 0.481 e. The van der Waals surface area contributed by atoms with E-state index in [-0.39, 0.29) is 17.9 Å². The smallest absolute Gasteiger partial charge is 0.323 e. The quantitative estimate of drug-likeness (QED) is 0.875. The van der Waals surface area contributed by atoms with E-state index in [9.17, 15) is 9.59 Å². The highest BCUT2D eigenvalue weighted by atomic mass is 32.1. The van der Waals surface area contributed by atoms with Gasteiger partial charge in [-0.15, -0.1) is 11.3 Å². The Kier molecular flexibility index (Phi) is 5.50. The number of nitrogens with zero attached hydrogens (tertiary/aromatic N) is 2. The Bertz CT molecular complexity index is 479. The van der Waals surface area contributed by atoms with Gasteiger partial charge in [0.25, 0.3) is 0 Å². The molecule has 1 heterocycles. The number of nitrogens with one attached hydrogen (secondary N) is 1. The van der Waals surface area contributed by atoms with E-state index < -0.39 is 5.97 Å². The molecule has 2 amide bonds. The zero-order valence-corrected chi connectivity index (χ0v) is 13.1. The number of carbonyl (C=O) groups excluding carboxylic acids is 1. The molecule has 0 bridgehead atoms. The fourth-order valence-electron chi connectivity index (χ4n) is 1.43. The number of carboxylic acid groups (broad SMARTS) is 1. The van der Waals surface area contributed by atoms with Crippen LogP contribution in [0.1, 0.15) is 39.3 Å². The molecule has 0 aliphatic carbocycles. The highest BCUT2D eigenvalue weighted by molar-refractivity contribution is 7.13. The molecule has 0 spiro atoms. The molecule has 0 radical (unpaired) electrons. The number of carbonyl (C=O) groups is 2. The van der Waals surface area contributed by atoms with Gasteiger partial charge in [-0.05, 0) is 6.42 Å². The molecule has 0 saturated carbocycles. The van der Waals surface area contributed by atoms with E-state index in [1.807, 2.05) is 5.38 Å². The lowest BCUT2D eigenvalue weighted by Crippen LogP contribution is -2.32. The molecule has 2 N–H and O–H groups in total. The Labute approximate surface area is 122 Å². The monoisotopic (exact) mass is 299 g/mol. The van der Waals surface area contributed by atoms with Gasteiger partial charge in [-0.1, -0.05) is 20.8 Å². The van der Waals surface area contributed by atoms with Crippen molar-refractivity contribution in [1.82, 2.24) is 9.88 Å². The number of urea groups is 1. The van der Waals surface area contributed by atoms with Gasteiger partial charge in [0, 0.05) is 30.8 Å². The molecule has 0 aromatic carbocycles. The molecule has 0 unspecified atom stereocenters. The van der Waals surface area contributed by atoms with Crippen LogP contribution in [0, 0.1) is 0 Å². The van der Waals surface area contributed by atoms with Gasteiger partial charge >= 0.3 is 12.0 Å². The first-order valence-corrected chi connectivity index (χ1v) is 7.28.